The van der Waals surface area contributed by atoms with Gasteiger partial charge in [-0.3, -0.25) is 0 Å². The fraction of sp³-hybridized carbons (Fsp3) is 1.00. The molecule has 0 N–H and O–H groups in total. The predicted octanol–water partition coefficient (Wildman–Crippen LogP) is 2.33. The number of alkyl halides is 5. The normalized spacial score (nSPS) is 19.3. The molecule has 0 radical (unpaired) electrons. The number of rotatable bonds is 2. The van der Waals surface area contributed by atoms with Crippen LogP contribution in [0.5, 0.6) is 0 Å². The summed E-state index contributed by atoms with van der Waals surface area (Å²) in [7, 11) is 0.684. The fourth-order valence-corrected chi connectivity index (χ4v) is 0.193. The molecule has 0 saturated heterocycles. The van der Waals surface area contributed by atoms with Gasteiger partial charge in [0.2, 0.25) is 0 Å². The zero-order valence-corrected chi connectivity index (χ0v) is 5.81. The van der Waals surface area contributed by atoms with Crippen LogP contribution in [0, 0.1) is 0 Å². The Bertz CT molecular complexity index is 99.7. The SMILES string of the molecule is COC(F)(Cl)C(F)(F)Cl. The highest BCUT2D eigenvalue weighted by atomic mass is 35.5. The van der Waals surface area contributed by atoms with E-state index in [4.69, 9.17) is 0 Å². The van der Waals surface area contributed by atoms with Gasteiger partial charge in [0, 0.05) is 7.11 Å². The minimum Gasteiger partial charge on any atom is -0.331 e. The molecule has 0 fully saturated rings. The molecule has 0 aliphatic carbocycles. The van der Waals surface area contributed by atoms with Gasteiger partial charge in [0.05, 0.1) is 0 Å². The minimum absolute atomic E-state index is 0.684. The summed E-state index contributed by atoms with van der Waals surface area (Å²) in [5.74, 6) is 0. The van der Waals surface area contributed by atoms with Crippen molar-refractivity contribution >= 4 is 23.2 Å². The van der Waals surface area contributed by atoms with Crippen molar-refractivity contribution in [3.05, 3.63) is 0 Å². The predicted molar refractivity (Wildman–Crippen MR) is 27.5 cm³/mol. The smallest absolute Gasteiger partial charge is 0.331 e. The molecule has 0 bridgehead atoms. The Kier molecular flexibility index (Phi) is 2.61. The molecule has 0 aromatic carbocycles. The highest BCUT2D eigenvalue weighted by molar-refractivity contribution is 6.31. The molecule has 0 rings (SSSR count). The Morgan fingerprint density at radius 3 is 1.56 bits per heavy atom. The van der Waals surface area contributed by atoms with E-state index < -0.39 is 10.7 Å². The van der Waals surface area contributed by atoms with Gasteiger partial charge in [-0.15, -0.1) is 0 Å². The Hall–Kier alpha value is 0.330. The van der Waals surface area contributed by atoms with Gasteiger partial charge in [-0.2, -0.15) is 13.2 Å². The van der Waals surface area contributed by atoms with E-state index >= 15 is 0 Å². The van der Waals surface area contributed by atoms with Crippen molar-refractivity contribution < 1.29 is 17.9 Å². The van der Waals surface area contributed by atoms with Crippen LogP contribution < -0.4 is 0 Å². The molecule has 0 aromatic rings. The van der Waals surface area contributed by atoms with E-state index in [1.54, 1.807) is 0 Å². The van der Waals surface area contributed by atoms with Crippen LogP contribution in [-0.4, -0.2) is 17.8 Å². The van der Waals surface area contributed by atoms with E-state index in [0.717, 1.165) is 0 Å². The molecule has 0 spiro atoms. The average Bonchev–Trinajstić information content (AvgIpc) is 1.64. The van der Waals surface area contributed by atoms with Crippen LogP contribution in [-0.2, 0) is 4.74 Å². The van der Waals surface area contributed by atoms with Crippen LogP contribution in [0.15, 0.2) is 0 Å². The van der Waals surface area contributed by atoms with Crippen LogP contribution in [0.1, 0.15) is 0 Å². The van der Waals surface area contributed by atoms with Gasteiger partial charge in [0.1, 0.15) is 0 Å². The third-order valence-electron chi connectivity index (χ3n) is 0.586. The van der Waals surface area contributed by atoms with Gasteiger partial charge < -0.3 is 4.74 Å². The second-order valence-electron chi connectivity index (χ2n) is 1.22. The topological polar surface area (TPSA) is 9.23 Å². The largest absolute Gasteiger partial charge is 0.394 e. The molecule has 56 valence electrons. The third-order valence-corrected chi connectivity index (χ3v) is 1.32. The van der Waals surface area contributed by atoms with E-state index in [2.05, 4.69) is 27.9 Å². The van der Waals surface area contributed by atoms with Crippen LogP contribution in [0.4, 0.5) is 13.2 Å². The highest BCUT2D eigenvalue weighted by Gasteiger charge is 2.53. The van der Waals surface area contributed by atoms with E-state index in [-0.39, 0.29) is 0 Å². The second kappa shape index (κ2) is 2.52. The van der Waals surface area contributed by atoms with Crippen molar-refractivity contribution in [2.45, 2.75) is 10.7 Å². The standard InChI is InChI=1S/C3H3Cl2F3O/c1-9-3(5,8)2(4,6)7/h1H3. The van der Waals surface area contributed by atoms with Crippen LogP contribution in [0.2, 0.25) is 0 Å². The summed E-state index contributed by atoms with van der Waals surface area (Å²) in [5, 5.41) is -7.82. The molecule has 1 atom stereocenters. The van der Waals surface area contributed by atoms with E-state index in [1.807, 2.05) is 0 Å². The molecule has 0 aromatic heterocycles. The lowest BCUT2D eigenvalue weighted by atomic mass is 10.7. The van der Waals surface area contributed by atoms with E-state index in [1.165, 1.54) is 0 Å². The molecular weight excluding hydrogens is 180 g/mol. The van der Waals surface area contributed by atoms with Crippen molar-refractivity contribution in [3.8, 4) is 0 Å². The molecule has 1 nitrogen and oxygen atoms in total. The van der Waals surface area contributed by atoms with E-state index in [0.29, 0.717) is 7.11 Å². The number of ether oxygens (including phenoxy) is 1. The summed E-state index contributed by atoms with van der Waals surface area (Å²) in [5.41, 5.74) is 0. The second-order valence-corrected chi connectivity index (χ2v) is 2.18. The van der Waals surface area contributed by atoms with Crippen LogP contribution in [0.25, 0.3) is 0 Å². The molecule has 0 saturated carbocycles. The van der Waals surface area contributed by atoms with Gasteiger partial charge in [0.15, 0.2) is 0 Å². The third kappa shape index (κ3) is 2.20. The summed E-state index contributed by atoms with van der Waals surface area (Å²) in [6.07, 6.45) is 0. The van der Waals surface area contributed by atoms with Crippen molar-refractivity contribution in [1.29, 1.82) is 0 Å². The maximum atomic E-state index is 12.0. The first-order valence-electron chi connectivity index (χ1n) is 1.81. The van der Waals surface area contributed by atoms with Gasteiger partial charge in [-0.25, -0.2) is 0 Å². The highest BCUT2D eigenvalue weighted by Crippen LogP contribution is 2.39. The lowest BCUT2D eigenvalue weighted by Gasteiger charge is -2.19. The van der Waals surface area contributed by atoms with Crippen molar-refractivity contribution in [1.82, 2.24) is 0 Å². The van der Waals surface area contributed by atoms with Crippen LogP contribution in [0.3, 0.4) is 0 Å². The number of methoxy groups -OCH3 is 1. The lowest BCUT2D eigenvalue weighted by molar-refractivity contribution is -0.169. The number of hydrogen-bond acceptors (Lipinski definition) is 1. The lowest BCUT2D eigenvalue weighted by Crippen LogP contribution is -2.35. The maximum Gasteiger partial charge on any atom is 0.394 e. The first-order chi connectivity index (χ1) is 3.81. The average molecular weight is 183 g/mol. The Balaban J connectivity index is 4.14. The molecule has 0 aliphatic heterocycles. The first kappa shape index (κ1) is 9.33. The number of hydrogen-bond donors (Lipinski definition) is 0. The minimum atomic E-state index is -4.21. The molecule has 0 heterocycles. The molecular formula is C3H3Cl2F3O. The Labute approximate surface area is 59.7 Å². The summed E-state index contributed by atoms with van der Waals surface area (Å²) < 4.78 is 38.8. The fourth-order valence-electron chi connectivity index (χ4n) is 0.116. The van der Waals surface area contributed by atoms with E-state index in [9.17, 15) is 13.2 Å². The van der Waals surface area contributed by atoms with Crippen molar-refractivity contribution in [2.24, 2.45) is 0 Å². The van der Waals surface area contributed by atoms with Crippen molar-refractivity contribution in [3.63, 3.8) is 0 Å². The summed E-state index contributed by atoms with van der Waals surface area (Å²) in [6.45, 7) is 0. The van der Waals surface area contributed by atoms with Gasteiger partial charge >= 0.3 is 10.7 Å². The monoisotopic (exact) mass is 182 g/mol. The number of halogens is 5. The molecule has 6 heteroatoms. The first-order valence-corrected chi connectivity index (χ1v) is 2.56. The summed E-state index contributed by atoms with van der Waals surface area (Å²) in [6, 6.07) is 0. The Morgan fingerprint density at radius 2 is 1.56 bits per heavy atom. The molecule has 9 heavy (non-hydrogen) atoms. The molecule has 1 unspecified atom stereocenters. The van der Waals surface area contributed by atoms with Crippen LogP contribution >= 0.6 is 23.2 Å². The van der Waals surface area contributed by atoms with Gasteiger partial charge in [-0.1, -0.05) is 0 Å². The maximum absolute atomic E-state index is 12.0. The summed E-state index contributed by atoms with van der Waals surface area (Å²) >= 11 is 8.59. The molecule has 0 aliphatic rings. The quantitative estimate of drug-likeness (QED) is 0.596. The summed E-state index contributed by atoms with van der Waals surface area (Å²) in [4.78, 5) is 0. The van der Waals surface area contributed by atoms with Gasteiger partial charge in [0.25, 0.3) is 0 Å². The zero-order valence-electron chi connectivity index (χ0n) is 4.30. The Morgan fingerprint density at radius 1 is 1.22 bits per heavy atom. The molecule has 0 amide bonds. The zero-order chi connectivity index (χ0) is 7.71. The van der Waals surface area contributed by atoms with Gasteiger partial charge in [-0.05, 0) is 23.2 Å². The van der Waals surface area contributed by atoms with Crippen molar-refractivity contribution in [2.75, 3.05) is 7.11 Å².